The molecule has 0 saturated heterocycles. The van der Waals surface area contributed by atoms with Crippen LogP contribution in [0, 0.1) is 0 Å². The largest absolute Gasteiger partial charge is 0.302 e. The zero-order chi connectivity index (χ0) is 20.1. The summed E-state index contributed by atoms with van der Waals surface area (Å²) in [5.41, 5.74) is 3.51. The average Bonchev–Trinajstić information content (AvgIpc) is 3.39. The number of anilines is 2. The van der Waals surface area contributed by atoms with Crippen molar-refractivity contribution in [1.29, 1.82) is 0 Å². The molecule has 4 rings (SSSR count). The van der Waals surface area contributed by atoms with Gasteiger partial charge in [0.05, 0.1) is 11.4 Å². The van der Waals surface area contributed by atoms with Crippen molar-refractivity contribution in [2.24, 2.45) is 0 Å². The fraction of sp³-hybridized carbons (Fsp3) is 0.0476. The van der Waals surface area contributed by atoms with Crippen LogP contribution < -0.4 is 10.6 Å². The molecule has 0 fully saturated rings. The summed E-state index contributed by atoms with van der Waals surface area (Å²) in [6.07, 6.45) is -0.305. The third kappa shape index (κ3) is 4.92. The van der Waals surface area contributed by atoms with Crippen LogP contribution >= 0.6 is 22.7 Å². The highest BCUT2D eigenvalue weighted by Crippen LogP contribution is 2.26. The minimum absolute atomic E-state index is 0.305. The van der Waals surface area contributed by atoms with Gasteiger partial charge in [-0.2, -0.15) is 0 Å². The van der Waals surface area contributed by atoms with E-state index in [9.17, 15) is 9.59 Å². The summed E-state index contributed by atoms with van der Waals surface area (Å²) >= 11 is 2.64. The highest BCUT2D eigenvalue weighted by Gasteiger charge is 2.14. The van der Waals surface area contributed by atoms with Gasteiger partial charge in [-0.15, -0.1) is 22.7 Å². The molecule has 2 aromatic heterocycles. The maximum atomic E-state index is 12.2. The van der Waals surface area contributed by atoms with Crippen LogP contribution in [0.2, 0.25) is 0 Å². The molecule has 2 N–H and O–H groups in total. The predicted octanol–water partition coefficient (Wildman–Crippen LogP) is 4.90. The van der Waals surface area contributed by atoms with Crippen LogP contribution in [0.4, 0.5) is 10.3 Å². The van der Waals surface area contributed by atoms with Gasteiger partial charge in [0.15, 0.2) is 10.3 Å². The van der Waals surface area contributed by atoms with E-state index in [0.29, 0.717) is 10.3 Å². The van der Waals surface area contributed by atoms with E-state index in [0.717, 1.165) is 22.5 Å². The Morgan fingerprint density at radius 1 is 0.690 bits per heavy atom. The molecule has 4 aromatic rings. The maximum Gasteiger partial charge on any atom is 0.235 e. The Morgan fingerprint density at radius 3 is 1.52 bits per heavy atom. The van der Waals surface area contributed by atoms with E-state index < -0.39 is 11.8 Å². The number of carbonyl (C=O) groups is 2. The van der Waals surface area contributed by atoms with Gasteiger partial charge in [-0.3, -0.25) is 9.59 Å². The molecule has 0 spiro atoms. The van der Waals surface area contributed by atoms with Gasteiger partial charge in [-0.05, 0) is 0 Å². The third-order valence-corrected chi connectivity index (χ3v) is 5.48. The number of nitrogens with one attached hydrogen (secondary N) is 2. The van der Waals surface area contributed by atoms with E-state index in [1.54, 1.807) is 0 Å². The summed E-state index contributed by atoms with van der Waals surface area (Å²) < 4.78 is 0. The molecule has 0 unspecified atom stereocenters. The SMILES string of the molecule is O=C(CC(=O)Nc1nc(-c2ccccc2)cs1)Nc1nc(-c2ccccc2)cs1. The lowest BCUT2D eigenvalue weighted by Crippen LogP contribution is -2.21. The number of benzene rings is 2. The Labute approximate surface area is 175 Å². The van der Waals surface area contributed by atoms with Gasteiger partial charge in [0.1, 0.15) is 6.42 Å². The first-order valence-electron chi connectivity index (χ1n) is 8.79. The molecule has 8 heteroatoms. The molecule has 0 aliphatic rings. The maximum absolute atomic E-state index is 12.2. The van der Waals surface area contributed by atoms with Crippen LogP contribution in [0.1, 0.15) is 6.42 Å². The first-order valence-corrected chi connectivity index (χ1v) is 10.5. The molecular formula is C21H16N4O2S2. The number of nitrogens with zero attached hydrogens (tertiary/aromatic N) is 2. The van der Waals surface area contributed by atoms with Crippen LogP contribution in [0.3, 0.4) is 0 Å². The fourth-order valence-electron chi connectivity index (χ4n) is 2.62. The van der Waals surface area contributed by atoms with E-state index in [1.165, 1.54) is 22.7 Å². The molecule has 29 heavy (non-hydrogen) atoms. The standard InChI is InChI=1S/C21H16N4O2S2/c26-18(24-20-22-16(12-28-20)14-7-3-1-4-8-14)11-19(27)25-21-23-17(13-29-21)15-9-5-2-6-10-15/h1-10,12-13H,11H2,(H,22,24,26)(H,23,25,27). The monoisotopic (exact) mass is 420 g/mol. The van der Waals surface area contributed by atoms with Crippen molar-refractivity contribution in [3.8, 4) is 22.5 Å². The highest BCUT2D eigenvalue weighted by atomic mass is 32.1. The number of amides is 2. The van der Waals surface area contributed by atoms with Crippen molar-refractivity contribution >= 4 is 44.8 Å². The zero-order valence-corrected chi connectivity index (χ0v) is 16.8. The predicted molar refractivity (Wildman–Crippen MR) is 117 cm³/mol. The van der Waals surface area contributed by atoms with E-state index in [-0.39, 0.29) is 6.42 Å². The van der Waals surface area contributed by atoms with Crippen molar-refractivity contribution < 1.29 is 9.59 Å². The summed E-state index contributed by atoms with van der Waals surface area (Å²) in [5.74, 6) is -0.840. The fourth-order valence-corrected chi connectivity index (χ4v) is 4.09. The van der Waals surface area contributed by atoms with Crippen molar-refractivity contribution in [3.63, 3.8) is 0 Å². The quantitative estimate of drug-likeness (QED) is 0.435. The number of rotatable bonds is 6. The lowest BCUT2D eigenvalue weighted by Gasteiger charge is -2.02. The van der Waals surface area contributed by atoms with Gasteiger partial charge in [0.25, 0.3) is 0 Å². The van der Waals surface area contributed by atoms with Crippen LogP contribution in [0.15, 0.2) is 71.4 Å². The van der Waals surface area contributed by atoms with E-state index in [1.807, 2.05) is 71.4 Å². The molecule has 0 atom stereocenters. The lowest BCUT2D eigenvalue weighted by molar-refractivity contribution is -0.123. The average molecular weight is 421 g/mol. The second-order valence-corrected chi connectivity index (χ2v) is 7.80. The van der Waals surface area contributed by atoms with Crippen LogP contribution in [0.25, 0.3) is 22.5 Å². The molecule has 6 nitrogen and oxygen atoms in total. The van der Waals surface area contributed by atoms with Crippen molar-refractivity contribution in [2.75, 3.05) is 10.6 Å². The van der Waals surface area contributed by atoms with Crippen molar-refractivity contribution in [3.05, 3.63) is 71.4 Å². The lowest BCUT2D eigenvalue weighted by atomic mass is 10.2. The van der Waals surface area contributed by atoms with Crippen LogP contribution in [-0.2, 0) is 9.59 Å². The van der Waals surface area contributed by atoms with E-state index in [2.05, 4.69) is 20.6 Å². The van der Waals surface area contributed by atoms with Gasteiger partial charge >= 0.3 is 0 Å². The van der Waals surface area contributed by atoms with Gasteiger partial charge in [-0.1, -0.05) is 60.7 Å². The summed E-state index contributed by atoms with van der Waals surface area (Å²) in [4.78, 5) is 33.1. The van der Waals surface area contributed by atoms with Gasteiger partial charge in [0, 0.05) is 21.9 Å². The molecular weight excluding hydrogens is 404 g/mol. The minimum Gasteiger partial charge on any atom is -0.302 e. The molecule has 0 bridgehead atoms. The number of hydrogen-bond acceptors (Lipinski definition) is 6. The summed E-state index contributed by atoms with van der Waals surface area (Å²) in [6.45, 7) is 0. The Balaban J connectivity index is 1.32. The van der Waals surface area contributed by atoms with Crippen LogP contribution in [0.5, 0.6) is 0 Å². The first-order chi connectivity index (χ1) is 14.2. The van der Waals surface area contributed by atoms with E-state index in [4.69, 9.17) is 0 Å². The summed E-state index contributed by atoms with van der Waals surface area (Å²) in [5, 5.41) is 10.00. The summed E-state index contributed by atoms with van der Waals surface area (Å²) in [6, 6.07) is 19.4. The van der Waals surface area contributed by atoms with Gasteiger partial charge in [-0.25, -0.2) is 9.97 Å². The van der Waals surface area contributed by atoms with Crippen LogP contribution in [-0.4, -0.2) is 21.8 Å². The molecule has 2 aromatic carbocycles. The normalized spacial score (nSPS) is 10.5. The third-order valence-electron chi connectivity index (χ3n) is 3.96. The highest BCUT2D eigenvalue weighted by molar-refractivity contribution is 7.14. The molecule has 2 heterocycles. The first kappa shape index (κ1) is 19.0. The molecule has 0 radical (unpaired) electrons. The Morgan fingerprint density at radius 2 is 1.10 bits per heavy atom. The Kier molecular flexibility index (Phi) is 5.73. The number of carbonyl (C=O) groups excluding carboxylic acids is 2. The van der Waals surface area contributed by atoms with E-state index >= 15 is 0 Å². The molecule has 0 saturated carbocycles. The number of hydrogen-bond donors (Lipinski definition) is 2. The smallest absolute Gasteiger partial charge is 0.235 e. The van der Waals surface area contributed by atoms with Crippen molar-refractivity contribution in [1.82, 2.24) is 9.97 Å². The number of aromatic nitrogens is 2. The second-order valence-electron chi connectivity index (χ2n) is 6.08. The molecule has 144 valence electrons. The molecule has 0 aliphatic carbocycles. The minimum atomic E-state index is -0.420. The van der Waals surface area contributed by atoms with Gasteiger partial charge in [0.2, 0.25) is 11.8 Å². The van der Waals surface area contributed by atoms with Crippen molar-refractivity contribution in [2.45, 2.75) is 6.42 Å². The molecule has 0 aliphatic heterocycles. The number of thiazole rings is 2. The summed E-state index contributed by atoms with van der Waals surface area (Å²) in [7, 11) is 0. The zero-order valence-electron chi connectivity index (χ0n) is 15.2. The molecule has 2 amide bonds. The Bertz CT molecular complexity index is 1030. The van der Waals surface area contributed by atoms with Gasteiger partial charge < -0.3 is 10.6 Å². The Hall–Kier alpha value is -3.36. The topological polar surface area (TPSA) is 84.0 Å². The second kappa shape index (κ2) is 8.76.